The number of amidine groups is 1. The maximum atomic E-state index is 9.41. The fraction of sp³-hybridized carbons (Fsp3) is 0.125. The molecule has 0 aromatic heterocycles. The monoisotopic (exact) mass is 214 g/mol. The average molecular weight is 214 g/mol. The predicted octanol–water partition coefficient (Wildman–Crippen LogP) is -0.417. The van der Waals surface area contributed by atoms with E-state index in [0.717, 1.165) is 12.1 Å². The van der Waals surface area contributed by atoms with Crippen LogP contribution in [0.25, 0.3) is 0 Å². The van der Waals surface area contributed by atoms with Gasteiger partial charge in [0.2, 0.25) is 0 Å². The minimum atomic E-state index is -1.48. The molecule has 15 heavy (non-hydrogen) atoms. The molecular formula is C8H10N2O5. The van der Waals surface area contributed by atoms with E-state index in [0.29, 0.717) is 0 Å². The molecule has 1 atom stereocenters. The lowest BCUT2D eigenvalue weighted by atomic mass is 10.1. The zero-order chi connectivity index (χ0) is 11.6. The zero-order valence-corrected chi connectivity index (χ0v) is 7.49. The summed E-state index contributed by atoms with van der Waals surface area (Å²) in [6.45, 7) is 0. The Morgan fingerprint density at radius 2 is 1.67 bits per heavy atom. The molecule has 0 amide bonds. The standard InChI is InChI=1S/C8H10N2O5/c9-8(10-15)6(13)3-1-4(11)7(14)5(12)2-3/h1-2,6,11-15H,(H2,9,10). The van der Waals surface area contributed by atoms with Crippen molar-refractivity contribution in [2.24, 2.45) is 10.9 Å². The van der Waals surface area contributed by atoms with Crippen LogP contribution in [-0.2, 0) is 0 Å². The largest absolute Gasteiger partial charge is 0.504 e. The molecule has 7 N–H and O–H groups in total. The maximum Gasteiger partial charge on any atom is 0.200 e. The molecule has 0 aliphatic heterocycles. The highest BCUT2D eigenvalue weighted by molar-refractivity contribution is 5.85. The van der Waals surface area contributed by atoms with Crippen LogP contribution in [0.4, 0.5) is 0 Å². The smallest absolute Gasteiger partial charge is 0.200 e. The predicted molar refractivity (Wildman–Crippen MR) is 49.8 cm³/mol. The van der Waals surface area contributed by atoms with Gasteiger partial charge in [0.25, 0.3) is 0 Å². The lowest BCUT2D eigenvalue weighted by molar-refractivity contribution is 0.231. The van der Waals surface area contributed by atoms with Gasteiger partial charge in [0.05, 0.1) is 0 Å². The maximum absolute atomic E-state index is 9.41. The van der Waals surface area contributed by atoms with E-state index < -0.39 is 29.2 Å². The van der Waals surface area contributed by atoms with Crippen molar-refractivity contribution in [3.63, 3.8) is 0 Å². The Hall–Kier alpha value is -2.15. The summed E-state index contributed by atoms with van der Waals surface area (Å²) in [5.41, 5.74) is 5.10. The highest BCUT2D eigenvalue weighted by Crippen LogP contribution is 2.37. The van der Waals surface area contributed by atoms with Crippen LogP contribution >= 0.6 is 0 Å². The number of nitrogens with two attached hydrogens (primary N) is 1. The summed E-state index contributed by atoms with van der Waals surface area (Å²) in [4.78, 5) is 0. The molecule has 0 fully saturated rings. The average Bonchev–Trinajstić information content (AvgIpc) is 2.23. The molecule has 0 saturated carbocycles. The Morgan fingerprint density at radius 1 is 1.20 bits per heavy atom. The minimum Gasteiger partial charge on any atom is -0.504 e. The first kappa shape index (κ1) is 10.9. The van der Waals surface area contributed by atoms with E-state index in [1.54, 1.807) is 0 Å². The second kappa shape index (κ2) is 3.93. The van der Waals surface area contributed by atoms with Crippen molar-refractivity contribution < 1.29 is 25.6 Å². The van der Waals surface area contributed by atoms with Crippen molar-refractivity contribution in [2.45, 2.75) is 6.10 Å². The van der Waals surface area contributed by atoms with Crippen LogP contribution < -0.4 is 5.73 Å². The number of aliphatic hydroxyl groups is 1. The quantitative estimate of drug-likeness (QED) is 0.130. The first-order chi connectivity index (χ1) is 6.97. The molecule has 7 heteroatoms. The van der Waals surface area contributed by atoms with Crippen LogP contribution in [0.3, 0.4) is 0 Å². The van der Waals surface area contributed by atoms with Crippen molar-refractivity contribution in [1.82, 2.24) is 0 Å². The van der Waals surface area contributed by atoms with Crippen molar-refractivity contribution >= 4 is 5.84 Å². The second-order valence-electron chi connectivity index (χ2n) is 2.84. The molecule has 0 bridgehead atoms. The van der Waals surface area contributed by atoms with Gasteiger partial charge in [-0.1, -0.05) is 5.16 Å². The molecule has 82 valence electrons. The first-order valence-corrected chi connectivity index (χ1v) is 3.87. The first-order valence-electron chi connectivity index (χ1n) is 3.87. The number of hydrogen-bond acceptors (Lipinski definition) is 6. The topological polar surface area (TPSA) is 140 Å². The van der Waals surface area contributed by atoms with Gasteiger partial charge in [-0.05, 0) is 17.7 Å². The van der Waals surface area contributed by atoms with Crippen LogP contribution in [0, 0.1) is 0 Å². The Kier molecular flexibility index (Phi) is 2.86. The summed E-state index contributed by atoms with van der Waals surface area (Å²) in [6.07, 6.45) is -1.48. The Morgan fingerprint density at radius 3 is 2.07 bits per heavy atom. The van der Waals surface area contributed by atoms with E-state index in [-0.39, 0.29) is 5.56 Å². The van der Waals surface area contributed by atoms with Gasteiger partial charge in [-0.3, -0.25) is 0 Å². The molecule has 7 nitrogen and oxygen atoms in total. The summed E-state index contributed by atoms with van der Waals surface area (Å²) < 4.78 is 0. The highest BCUT2D eigenvalue weighted by Gasteiger charge is 2.17. The van der Waals surface area contributed by atoms with Crippen LogP contribution in [0.1, 0.15) is 11.7 Å². The van der Waals surface area contributed by atoms with Gasteiger partial charge in [-0.15, -0.1) is 0 Å². The molecule has 0 radical (unpaired) electrons. The highest BCUT2D eigenvalue weighted by atomic mass is 16.4. The van der Waals surface area contributed by atoms with Crippen LogP contribution in [0.15, 0.2) is 17.3 Å². The van der Waals surface area contributed by atoms with Gasteiger partial charge >= 0.3 is 0 Å². The molecule has 0 heterocycles. The number of phenolic OH excluding ortho intramolecular Hbond substituents is 3. The Bertz CT molecular complexity index is 381. The summed E-state index contributed by atoms with van der Waals surface area (Å²) in [5.74, 6) is -2.44. The molecule has 1 rings (SSSR count). The van der Waals surface area contributed by atoms with E-state index in [9.17, 15) is 5.11 Å². The van der Waals surface area contributed by atoms with E-state index in [4.69, 9.17) is 26.3 Å². The summed E-state index contributed by atoms with van der Waals surface area (Å²) in [7, 11) is 0. The molecular weight excluding hydrogens is 204 g/mol. The van der Waals surface area contributed by atoms with Gasteiger partial charge in [0, 0.05) is 0 Å². The third kappa shape index (κ3) is 2.02. The van der Waals surface area contributed by atoms with E-state index >= 15 is 0 Å². The molecule has 0 aliphatic rings. The number of nitrogens with zero attached hydrogens (tertiary/aromatic N) is 1. The van der Waals surface area contributed by atoms with Crippen molar-refractivity contribution in [3.8, 4) is 17.2 Å². The van der Waals surface area contributed by atoms with Gasteiger partial charge in [-0.25, -0.2) is 0 Å². The zero-order valence-electron chi connectivity index (χ0n) is 7.49. The van der Waals surface area contributed by atoms with Crippen LogP contribution in [0.2, 0.25) is 0 Å². The number of aliphatic hydroxyl groups excluding tert-OH is 1. The van der Waals surface area contributed by atoms with Gasteiger partial charge in [0.1, 0.15) is 6.10 Å². The number of phenols is 3. The number of rotatable bonds is 2. The SMILES string of the molecule is NC(=NO)C(O)c1cc(O)c(O)c(O)c1. The van der Waals surface area contributed by atoms with Gasteiger partial charge < -0.3 is 31.4 Å². The minimum absolute atomic E-state index is 0.0156. The summed E-state index contributed by atoms with van der Waals surface area (Å²) in [5, 5.41) is 47.5. The second-order valence-corrected chi connectivity index (χ2v) is 2.84. The number of oxime groups is 1. The van der Waals surface area contributed by atoms with Gasteiger partial charge in [0.15, 0.2) is 23.1 Å². The molecule has 1 aromatic carbocycles. The fourth-order valence-corrected chi connectivity index (χ4v) is 1.01. The molecule has 1 aromatic rings. The number of aromatic hydroxyl groups is 3. The fourth-order valence-electron chi connectivity index (χ4n) is 1.01. The molecule has 0 aliphatic carbocycles. The number of hydrogen-bond donors (Lipinski definition) is 6. The molecule has 0 saturated heterocycles. The van der Waals surface area contributed by atoms with Crippen LogP contribution in [-0.4, -0.2) is 31.5 Å². The van der Waals surface area contributed by atoms with E-state index in [1.165, 1.54) is 0 Å². The van der Waals surface area contributed by atoms with Crippen molar-refractivity contribution in [2.75, 3.05) is 0 Å². The molecule has 1 unspecified atom stereocenters. The summed E-state index contributed by atoms with van der Waals surface area (Å²) >= 11 is 0. The molecule has 0 spiro atoms. The van der Waals surface area contributed by atoms with Crippen LogP contribution in [0.5, 0.6) is 17.2 Å². The third-order valence-electron chi connectivity index (χ3n) is 1.80. The Labute approximate surface area is 84.3 Å². The van der Waals surface area contributed by atoms with E-state index in [1.807, 2.05) is 0 Å². The Balaban J connectivity index is 3.17. The lowest BCUT2D eigenvalue weighted by Crippen LogP contribution is -2.21. The van der Waals surface area contributed by atoms with Crippen molar-refractivity contribution in [1.29, 1.82) is 0 Å². The third-order valence-corrected chi connectivity index (χ3v) is 1.80. The van der Waals surface area contributed by atoms with Gasteiger partial charge in [-0.2, -0.15) is 0 Å². The van der Waals surface area contributed by atoms with E-state index in [2.05, 4.69) is 5.16 Å². The summed E-state index contributed by atoms with van der Waals surface area (Å²) in [6, 6.07) is 1.97. The normalized spacial score (nSPS) is 13.8. The number of benzene rings is 1. The lowest BCUT2D eigenvalue weighted by Gasteiger charge is -2.10. The van der Waals surface area contributed by atoms with Crippen molar-refractivity contribution in [3.05, 3.63) is 17.7 Å².